The Labute approximate surface area is 170 Å². The van der Waals surface area contributed by atoms with Gasteiger partial charge in [0.15, 0.2) is 5.82 Å². The Balaban J connectivity index is 1.83. The van der Waals surface area contributed by atoms with E-state index < -0.39 is 10.0 Å². The molecule has 2 aromatic heterocycles. The molecule has 1 aliphatic rings. The molecule has 0 bridgehead atoms. The van der Waals surface area contributed by atoms with Crippen molar-refractivity contribution in [3.8, 4) is 0 Å². The van der Waals surface area contributed by atoms with E-state index in [1.165, 1.54) is 10.6 Å². The number of nitrogens with zero attached hydrogens (tertiary/aromatic N) is 4. The van der Waals surface area contributed by atoms with Crippen LogP contribution in [0.5, 0.6) is 0 Å². The molecule has 1 saturated carbocycles. The first-order valence-corrected chi connectivity index (χ1v) is 11.3. The number of hydrogen-bond donors (Lipinski definition) is 1. The van der Waals surface area contributed by atoms with Crippen LogP contribution in [0.15, 0.2) is 38.6 Å². The zero-order chi connectivity index (χ0) is 20.2. The first-order valence-electron chi connectivity index (χ1n) is 8.96. The van der Waals surface area contributed by atoms with E-state index in [1.807, 2.05) is 24.6 Å². The summed E-state index contributed by atoms with van der Waals surface area (Å²) in [5.74, 6) is 1.56. The first kappa shape index (κ1) is 19.3. The zero-order valence-electron chi connectivity index (χ0n) is 15.5. The van der Waals surface area contributed by atoms with E-state index in [0.29, 0.717) is 34.1 Å². The van der Waals surface area contributed by atoms with Crippen molar-refractivity contribution in [2.24, 2.45) is 5.14 Å². The molecule has 2 N–H and O–H groups in total. The number of halogens is 1. The smallest absolute Gasteiger partial charge is 0.279 e. The molecule has 0 radical (unpaired) electrons. The van der Waals surface area contributed by atoms with Gasteiger partial charge < -0.3 is 4.57 Å². The number of fused-ring (bicyclic) bond motifs is 1. The van der Waals surface area contributed by atoms with Crippen LogP contribution in [-0.2, 0) is 16.6 Å². The summed E-state index contributed by atoms with van der Waals surface area (Å²) >= 11 is 3.28. The van der Waals surface area contributed by atoms with Crippen molar-refractivity contribution in [3.05, 3.63) is 56.2 Å². The van der Waals surface area contributed by atoms with Crippen molar-refractivity contribution in [3.63, 3.8) is 0 Å². The van der Waals surface area contributed by atoms with Crippen LogP contribution in [0.3, 0.4) is 0 Å². The van der Waals surface area contributed by atoms with Crippen molar-refractivity contribution in [2.45, 2.75) is 50.0 Å². The van der Waals surface area contributed by atoms with E-state index in [1.54, 1.807) is 12.1 Å². The van der Waals surface area contributed by atoms with E-state index in [2.05, 4.69) is 26.0 Å². The predicted octanol–water partition coefficient (Wildman–Crippen LogP) is 2.35. The van der Waals surface area contributed by atoms with Crippen molar-refractivity contribution in [2.75, 3.05) is 0 Å². The fraction of sp³-hybridized carbons (Fsp3) is 0.389. The van der Waals surface area contributed by atoms with Gasteiger partial charge in [0, 0.05) is 22.2 Å². The molecule has 0 spiro atoms. The van der Waals surface area contributed by atoms with Gasteiger partial charge in [0.25, 0.3) is 5.56 Å². The average Bonchev–Trinajstić information content (AvgIpc) is 3.34. The van der Waals surface area contributed by atoms with E-state index in [9.17, 15) is 13.2 Å². The van der Waals surface area contributed by atoms with E-state index in [0.717, 1.165) is 18.4 Å². The molecule has 0 saturated heterocycles. The van der Waals surface area contributed by atoms with Gasteiger partial charge in [-0.05, 0) is 52.4 Å². The molecule has 28 heavy (non-hydrogen) atoms. The average molecular weight is 466 g/mol. The second-order valence-corrected chi connectivity index (χ2v) is 9.82. The Kier molecular flexibility index (Phi) is 4.67. The number of rotatable bonds is 5. The number of primary sulfonamides is 1. The largest absolute Gasteiger partial charge is 0.312 e. The van der Waals surface area contributed by atoms with E-state index in [4.69, 9.17) is 5.14 Å². The molecular weight excluding hydrogens is 446 g/mol. The molecule has 1 aromatic carbocycles. The van der Waals surface area contributed by atoms with Gasteiger partial charge in [-0.25, -0.2) is 13.6 Å². The third kappa shape index (κ3) is 3.51. The maximum Gasteiger partial charge on any atom is 0.279 e. The Morgan fingerprint density at radius 1 is 1.32 bits per heavy atom. The SMILES string of the molecule is CC(C)c1cn(Cc2ccc(S(N)(=O)=O)c(Br)c2)c2nc(C3CC3)nn2c1=O. The summed E-state index contributed by atoms with van der Waals surface area (Å²) in [6.07, 6.45) is 3.91. The quantitative estimate of drug-likeness (QED) is 0.621. The number of nitrogens with two attached hydrogens (primary N) is 1. The minimum Gasteiger partial charge on any atom is -0.312 e. The highest BCUT2D eigenvalue weighted by Crippen LogP contribution is 2.38. The minimum absolute atomic E-state index is 0.0302. The summed E-state index contributed by atoms with van der Waals surface area (Å²) in [5, 5.41) is 9.67. The number of sulfonamides is 1. The molecule has 0 aliphatic heterocycles. The molecule has 8 nitrogen and oxygen atoms in total. The Bertz CT molecular complexity index is 1240. The summed E-state index contributed by atoms with van der Waals surface area (Å²) in [5.41, 5.74) is 1.35. The Morgan fingerprint density at radius 2 is 2.04 bits per heavy atom. The van der Waals surface area contributed by atoms with Gasteiger partial charge in [-0.1, -0.05) is 19.9 Å². The van der Waals surface area contributed by atoms with Gasteiger partial charge in [0.2, 0.25) is 15.8 Å². The van der Waals surface area contributed by atoms with Crippen molar-refractivity contribution in [1.82, 2.24) is 19.2 Å². The summed E-state index contributed by atoms with van der Waals surface area (Å²) in [6.45, 7) is 4.34. The highest BCUT2D eigenvalue weighted by molar-refractivity contribution is 9.10. The fourth-order valence-corrected chi connectivity index (χ4v) is 4.83. The summed E-state index contributed by atoms with van der Waals surface area (Å²) in [6, 6.07) is 4.88. The van der Waals surface area contributed by atoms with Crippen LogP contribution in [0.4, 0.5) is 0 Å². The van der Waals surface area contributed by atoms with Gasteiger partial charge in [-0.2, -0.15) is 9.50 Å². The zero-order valence-corrected chi connectivity index (χ0v) is 17.9. The number of aromatic nitrogens is 4. The van der Waals surface area contributed by atoms with Crippen LogP contribution in [0.25, 0.3) is 5.78 Å². The first-order chi connectivity index (χ1) is 13.1. The molecule has 1 aliphatic carbocycles. The molecule has 4 rings (SSSR count). The van der Waals surface area contributed by atoms with Gasteiger partial charge >= 0.3 is 0 Å². The van der Waals surface area contributed by atoms with Gasteiger partial charge in [0.1, 0.15) is 0 Å². The Morgan fingerprint density at radius 3 is 2.61 bits per heavy atom. The normalized spacial score (nSPS) is 14.9. The standard InChI is InChI=1S/C18H20BrN5O3S/c1-10(2)13-9-23(8-11-3-6-15(14(19)7-11)28(20,26)27)18-21-16(12-4-5-12)22-24(18)17(13)25/h3,6-7,9-10,12H,4-5,8H2,1-2H3,(H2,20,26,27). The second kappa shape index (κ2) is 6.78. The lowest BCUT2D eigenvalue weighted by atomic mass is 10.1. The van der Waals surface area contributed by atoms with E-state index >= 15 is 0 Å². The monoisotopic (exact) mass is 465 g/mol. The summed E-state index contributed by atoms with van der Waals surface area (Å²) < 4.78 is 26.9. The Hall–Kier alpha value is -2.04. The molecule has 1 fully saturated rings. The second-order valence-electron chi connectivity index (χ2n) is 7.44. The predicted molar refractivity (Wildman–Crippen MR) is 108 cm³/mol. The van der Waals surface area contributed by atoms with Crippen molar-refractivity contribution in [1.29, 1.82) is 0 Å². The van der Waals surface area contributed by atoms with Crippen molar-refractivity contribution < 1.29 is 8.42 Å². The molecule has 148 valence electrons. The maximum atomic E-state index is 12.8. The molecule has 0 unspecified atom stereocenters. The van der Waals surface area contributed by atoms with Crippen molar-refractivity contribution >= 4 is 31.7 Å². The van der Waals surface area contributed by atoms with Crippen LogP contribution in [-0.4, -0.2) is 27.6 Å². The summed E-state index contributed by atoms with van der Waals surface area (Å²) in [4.78, 5) is 17.4. The van der Waals surface area contributed by atoms with Crippen LogP contribution >= 0.6 is 15.9 Å². The highest BCUT2D eigenvalue weighted by atomic mass is 79.9. The minimum atomic E-state index is -3.80. The lowest BCUT2D eigenvalue weighted by molar-refractivity contribution is 0.597. The fourth-order valence-electron chi connectivity index (χ4n) is 3.14. The third-order valence-electron chi connectivity index (χ3n) is 4.82. The molecule has 0 atom stereocenters. The van der Waals surface area contributed by atoms with Crippen LogP contribution in [0.1, 0.15) is 55.5 Å². The molecular formula is C18H20BrN5O3S. The molecule has 0 amide bonds. The maximum absolute atomic E-state index is 12.8. The molecule has 2 heterocycles. The van der Waals surface area contributed by atoms with Gasteiger partial charge in [0.05, 0.1) is 11.4 Å². The van der Waals surface area contributed by atoms with E-state index in [-0.39, 0.29) is 16.4 Å². The third-order valence-corrected chi connectivity index (χ3v) is 6.71. The van der Waals surface area contributed by atoms with Crippen LogP contribution in [0.2, 0.25) is 0 Å². The van der Waals surface area contributed by atoms with Gasteiger partial charge in [-0.15, -0.1) is 5.10 Å². The van der Waals surface area contributed by atoms with Crippen LogP contribution in [0, 0.1) is 0 Å². The summed E-state index contributed by atoms with van der Waals surface area (Å²) in [7, 11) is -3.80. The number of hydrogen-bond acceptors (Lipinski definition) is 5. The highest BCUT2D eigenvalue weighted by Gasteiger charge is 2.29. The topological polar surface area (TPSA) is 112 Å². The van der Waals surface area contributed by atoms with Gasteiger partial charge in [-0.3, -0.25) is 4.79 Å². The lowest BCUT2D eigenvalue weighted by Gasteiger charge is -2.13. The lowest BCUT2D eigenvalue weighted by Crippen LogP contribution is -2.24. The number of benzene rings is 1. The molecule has 10 heteroatoms. The van der Waals surface area contributed by atoms with Crippen LogP contribution < -0.4 is 10.7 Å². The molecule has 3 aromatic rings.